The van der Waals surface area contributed by atoms with E-state index in [0.717, 1.165) is 24.8 Å². The Bertz CT molecular complexity index is 954. The Morgan fingerprint density at radius 3 is 2.62 bits per heavy atom. The van der Waals surface area contributed by atoms with Crippen molar-refractivity contribution >= 4 is 27.3 Å². The number of rotatable bonds is 5. The molecular weight excluding hydrogens is 352 g/mol. The summed E-state index contributed by atoms with van der Waals surface area (Å²) in [5.74, 6) is -0.192. The second-order valence-corrected chi connectivity index (χ2v) is 8.39. The zero-order valence-corrected chi connectivity index (χ0v) is 15.3. The standard InChI is InChI=1S/C19H20N2O4S/c1-26(24,25)17-8-3-7-16(12-17)20-19(23)15-6-2-5-14(11-15)13-21-10-4-9-18(21)22/h2-3,5-8,11-12H,4,9-10,13H2,1H3,(H,20,23). The van der Waals surface area contributed by atoms with E-state index in [0.29, 0.717) is 24.2 Å². The maximum absolute atomic E-state index is 12.5. The lowest BCUT2D eigenvalue weighted by atomic mass is 10.1. The fourth-order valence-electron chi connectivity index (χ4n) is 2.91. The summed E-state index contributed by atoms with van der Waals surface area (Å²) in [6, 6.07) is 13.2. The van der Waals surface area contributed by atoms with E-state index in [-0.39, 0.29) is 16.7 Å². The van der Waals surface area contributed by atoms with Gasteiger partial charge in [0.15, 0.2) is 9.84 Å². The van der Waals surface area contributed by atoms with Gasteiger partial charge in [-0.25, -0.2) is 8.42 Å². The summed E-state index contributed by atoms with van der Waals surface area (Å²) in [4.78, 5) is 26.2. The third kappa shape index (κ3) is 4.29. The molecule has 2 aromatic rings. The van der Waals surface area contributed by atoms with Crippen molar-refractivity contribution in [3.8, 4) is 0 Å². The molecule has 7 heteroatoms. The molecule has 1 heterocycles. The van der Waals surface area contributed by atoms with Crippen molar-refractivity contribution in [1.29, 1.82) is 0 Å². The minimum atomic E-state index is -3.34. The van der Waals surface area contributed by atoms with Crippen molar-refractivity contribution in [3.05, 3.63) is 59.7 Å². The van der Waals surface area contributed by atoms with Crippen molar-refractivity contribution in [2.75, 3.05) is 18.1 Å². The first-order chi connectivity index (χ1) is 12.3. The van der Waals surface area contributed by atoms with Crippen molar-refractivity contribution in [2.24, 2.45) is 0 Å². The second kappa shape index (κ2) is 7.29. The quantitative estimate of drug-likeness (QED) is 0.874. The topological polar surface area (TPSA) is 83.6 Å². The average Bonchev–Trinajstić information content (AvgIpc) is 2.99. The van der Waals surface area contributed by atoms with Crippen LogP contribution in [0.25, 0.3) is 0 Å². The largest absolute Gasteiger partial charge is 0.338 e. The Balaban J connectivity index is 1.74. The van der Waals surface area contributed by atoms with Crippen LogP contribution in [-0.2, 0) is 21.2 Å². The molecule has 0 atom stereocenters. The number of hydrogen-bond donors (Lipinski definition) is 1. The molecule has 0 spiro atoms. The van der Waals surface area contributed by atoms with Crippen LogP contribution in [0.5, 0.6) is 0 Å². The van der Waals surface area contributed by atoms with Crippen LogP contribution in [0, 0.1) is 0 Å². The molecule has 1 saturated heterocycles. The van der Waals surface area contributed by atoms with Gasteiger partial charge in [-0.05, 0) is 42.3 Å². The number of hydrogen-bond acceptors (Lipinski definition) is 4. The number of nitrogens with zero attached hydrogens (tertiary/aromatic N) is 1. The molecule has 0 unspecified atom stereocenters. The van der Waals surface area contributed by atoms with Crippen molar-refractivity contribution in [1.82, 2.24) is 4.90 Å². The third-order valence-corrected chi connectivity index (χ3v) is 5.36. The molecule has 0 radical (unpaired) electrons. The SMILES string of the molecule is CS(=O)(=O)c1cccc(NC(=O)c2cccc(CN3CCCC3=O)c2)c1. The van der Waals surface area contributed by atoms with Crippen LogP contribution in [0.1, 0.15) is 28.8 Å². The number of sulfone groups is 1. The van der Waals surface area contributed by atoms with E-state index in [1.165, 1.54) is 12.1 Å². The summed E-state index contributed by atoms with van der Waals surface area (Å²) in [7, 11) is -3.34. The highest BCUT2D eigenvalue weighted by molar-refractivity contribution is 7.90. The Labute approximate surface area is 152 Å². The molecule has 2 aromatic carbocycles. The minimum Gasteiger partial charge on any atom is -0.338 e. The highest BCUT2D eigenvalue weighted by Crippen LogP contribution is 2.18. The molecule has 0 saturated carbocycles. The first-order valence-electron chi connectivity index (χ1n) is 8.31. The summed E-state index contributed by atoms with van der Waals surface area (Å²) in [6.07, 6.45) is 2.57. The van der Waals surface area contributed by atoms with E-state index in [4.69, 9.17) is 0 Å². The predicted molar refractivity (Wildman–Crippen MR) is 98.6 cm³/mol. The fraction of sp³-hybridized carbons (Fsp3) is 0.263. The zero-order valence-electron chi connectivity index (χ0n) is 14.4. The average molecular weight is 372 g/mol. The molecule has 1 aliphatic heterocycles. The Morgan fingerprint density at radius 2 is 1.92 bits per heavy atom. The number of carbonyl (C=O) groups is 2. The molecule has 1 N–H and O–H groups in total. The number of carbonyl (C=O) groups excluding carboxylic acids is 2. The lowest BCUT2D eigenvalue weighted by Gasteiger charge is -2.16. The van der Waals surface area contributed by atoms with E-state index in [2.05, 4.69) is 5.32 Å². The Morgan fingerprint density at radius 1 is 1.15 bits per heavy atom. The highest BCUT2D eigenvalue weighted by Gasteiger charge is 2.20. The lowest BCUT2D eigenvalue weighted by Crippen LogP contribution is -2.24. The number of benzene rings is 2. The second-order valence-electron chi connectivity index (χ2n) is 6.37. The van der Waals surface area contributed by atoms with E-state index in [9.17, 15) is 18.0 Å². The van der Waals surface area contributed by atoms with Crippen LogP contribution >= 0.6 is 0 Å². The van der Waals surface area contributed by atoms with Gasteiger partial charge >= 0.3 is 0 Å². The van der Waals surface area contributed by atoms with Crippen LogP contribution in [-0.4, -0.2) is 37.9 Å². The monoisotopic (exact) mass is 372 g/mol. The minimum absolute atomic E-state index is 0.137. The maximum Gasteiger partial charge on any atom is 0.255 e. The smallest absolute Gasteiger partial charge is 0.255 e. The Hall–Kier alpha value is -2.67. The van der Waals surface area contributed by atoms with Crippen LogP contribution in [0.2, 0.25) is 0 Å². The van der Waals surface area contributed by atoms with Crippen molar-refractivity contribution in [2.45, 2.75) is 24.3 Å². The van der Waals surface area contributed by atoms with Gasteiger partial charge in [-0.3, -0.25) is 9.59 Å². The van der Waals surface area contributed by atoms with E-state index < -0.39 is 9.84 Å². The molecule has 1 fully saturated rings. The molecule has 3 rings (SSSR count). The normalized spacial score (nSPS) is 14.5. The van der Waals surface area contributed by atoms with E-state index in [1.807, 2.05) is 6.07 Å². The highest BCUT2D eigenvalue weighted by atomic mass is 32.2. The van der Waals surface area contributed by atoms with Crippen LogP contribution in [0.3, 0.4) is 0 Å². The fourth-order valence-corrected chi connectivity index (χ4v) is 3.58. The van der Waals surface area contributed by atoms with Gasteiger partial charge in [0, 0.05) is 37.0 Å². The number of likely N-dealkylation sites (tertiary alicyclic amines) is 1. The van der Waals surface area contributed by atoms with Crippen LogP contribution in [0.15, 0.2) is 53.4 Å². The van der Waals surface area contributed by atoms with Gasteiger partial charge in [0.25, 0.3) is 5.91 Å². The summed E-state index contributed by atoms with van der Waals surface area (Å²) in [5.41, 5.74) is 1.76. The van der Waals surface area contributed by atoms with Crippen molar-refractivity contribution in [3.63, 3.8) is 0 Å². The van der Waals surface area contributed by atoms with Gasteiger partial charge in [-0.2, -0.15) is 0 Å². The lowest BCUT2D eigenvalue weighted by molar-refractivity contribution is -0.128. The predicted octanol–water partition coefficient (Wildman–Crippen LogP) is 2.46. The molecule has 136 valence electrons. The first kappa shape index (κ1) is 18.1. The first-order valence-corrected chi connectivity index (χ1v) is 10.2. The van der Waals surface area contributed by atoms with Gasteiger partial charge in [0.2, 0.25) is 5.91 Å². The molecule has 2 amide bonds. The molecule has 1 aliphatic rings. The van der Waals surface area contributed by atoms with Crippen LogP contribution in [0.4, 0.5) is 5.69 Å². The van der Waals surface area contributed by atoms with Gasteiger partial charge < -0.3 is 10.2 Å². The van der Waals surface area contributed by atoms with E-state index in [1.54, 1.807) is 35.2 Å². The third-order valence-electron chi connectivity index (χ3n) is 4.25. The number of anilines is 1. The molecule has 0 bridgehead atoms. The Kier molecular flexibility index (Phi) is 5.08. The zero-order chi connectivity index (χ0) is 18.7. The van der Waals surface area contributed by atoms with Gasteiger partial charge in [0.1, 0.15) is 0 Å². The number of nitrogens with one attached hydrogen (secondary N) is 1. The van der Waals surface area contributed by atoms with Gasteiger partial charge in [-0.15, -0.1) is 0 Å². The molecule has 26 heavy (non-hydrogen) atoms. The molecule has 0 aromatic heterocycles. The van der Waals surface area contributed by atoms with Crippen LogP contribution < -0.4 is 5.32 Å². The summed E-state index contributed by atoms with van der Waals surface area (Å²) < 4.78 is 23.3. The van der Waals surface area contributed by atoms with Gasteiger partial charge in [0.05, 0.1) is 4.90 Å². The van der Waals surface area contributed by atoms with Gasteiger partial charge in [-0.1, -0.05) is 18.2 Å². The van der Waals surface area contributed by atoms with Crippen molar-refractivity contribution < 1.29 is 18.0 Å². The summed E-state index contributed by atoms with van der Waals surface area (Å²) >= 11 is 0. The molecular formula is C19H20N2O4S. The molecule has 0 aliphatic carbocycles. The molecule has 6 nitrogen and oxygen atoms in total. The maximum atomic E-state index is 12.5. The summed E-state index contributed by atoms with van der Waals surface area (Å²) in [6.45, 7) is 1.23. The van der Waals surface area contributed by atoms with E-state index >= 15 is 0 Å². The number of amides is 2. The summed E-state index contributed by atoms with van der Waals surface area (Å²) in [5, 5.41) is 2.72.